The molecule has 3 nitrogen and oxygen atoms in total. The fraction of sp³-hybridized carbons (Fsp3) is 0.400. The third kappa shape index (κ3) is 1.31. The molecule has 1 aromatic heterocycles. The molecule has 0 fully saturated rings. The van der Waals surface area contributed by atoms with Gasteiger partial charge in [0, 0.05) is 6.20 Å². The van der Waals surface area contributed by atoms with Crippen molar-refractivity contribution >= 4 is 15.9 Å². The molecule has 0 bridgehead atoms. The minimum absolute atomic E-state index is 0.0631. The SMILES string of the molecule is Cc1nn(CO)cc1Br. The van der Waals surface area contributed by atoms with E-state index >= 15 is 0 Å². The van der Waals surface area contributed by atoms with E-state index in [4.69, 9.17) is 5.11 Å². The van der Waals surface area contributed by atoms with Crippen molar-refractivity contribution < 1.29 is 5.11 Å². The second kappa shape index (κ2) is 2.49. The van der Waals surface area contributed by atoms with Gasteiger partial charge in [0.05, 0.1) is 10.2 Å². The standard InChI is InChI=1S/C5H7BrN2O/c1-4-5(6)2-8(3-9)7-4/h2,9H,3H2,1H3. The van der Waals surface area contributed by atoms with Crippen molar-refractivity contribution in [1.82, 2.24) is 9.78 Å². The van der Waals surface area contributed by atoms with Crippen molar-refractivity contribution in [3.05, 3.63) is 16.4 Å². The van der Waals surface area contributed by atoms with Crippen LogP contribution in [0.5, 0.6) is 0 Å². The topological polar surface area (TPSA) is 38.0 Å². The van der Waals surface area contributed by atoms with E-state index in [1.807, 2.05) is 6.92 Å². The normalized spacial score (nSPS) is 10.1. The van der Waals surface area contributed by atoms with Gasteiger partial charge in [-0.3, -0.25) is 0 Å². The maximum absolute atomic E-state index is 8.56. The lowest BCUT2D eigenvalue weighted by atomic mass is 10.5. The molecule has 0 radical (unpaired) electrons. The number of aliphatic hydroxyl groups excluding tert-OH is 1. The largest absolute Gasteiger partial charge is 0.374 e. The fourth-order valence-corrected chi connectivity index (χ4v) is 0.882. The summed E-state index contributed by atoms with van der Waals surface area (Å²) in [5, 5.41) is 12.5. The van der Waals surface area contributed by atoms with Crippen LogP contribution in [0.1, 0.15) is 5.69 Å². The van der Waals surface area contributed by atoms with Gasteiger partial charge in [-0.25, -0.2) is 4.68 Å². The molecule has 50 valence electrons. The first-order chi connectivity index (χ1) is 4.24. The summed E-state index contributed by atoms with van der Waals surface area (Å²) in [6.45, 7) is 1.81. The molecule has 1 rings (SSSR count). The van der Waals surface area contributed by atoms with Crippen molar-refractivity contribution in [2.75, 3.05) is 0 Å². The van der Waals surface area contributed by atoms with Crippen molar-refractivity contribution in [1.29, 1.82) is 0 Å². The van der Waals surface area contributed by atoms with Gasteiger partial charge in [0.25, 0.3) is 0 Å². The van der Waals surface area contributed by atoms with Gasteiger partial charge in [-0.1, -0.05) is 0 Å². The molecular weight excluding hydrogens is 184 g/mol. The van der Waals surface area contributed by atoms with Crippen LogP contribution in [0.25, 0.3) is 0 Å². The third-order valence-electron chi connectivity index (χ3n) is 1.03. The summed E-state index contributed by atoms with van der Waals surface area (Å²) in [5.74, 6) is 0. The molecular formula is C5H7BrN2O. The van der Waals surface area contributed by atoms with Crippen molar-refractivity contribution in [2.24, 2.45) is 0 Å². The van der Waals surface area contributed by atoms with Crippen LogP contribution >= 0.6 is 15.9 Å². The molecule has 0 aromatic carbocycles. The van der Waals surface area contributed by atoms with Crippen molar-refractivity contribution in [2.45, 2.75) is 13.7 Å². The van der Waals surface area contributed by atoms with Gasteiger partial charge in [-0.05, 0) is 22.9 Å². The van der Waals surface area contributed by atoms with Gasteiger partial charge < -0.3 is 5.11 Å². The zero-order valence-corrected chi connectivity index (χ0v) is 6.59. The number of aryl methyl sites for hydroxylation is 1. The van der Waals surface area contributed by atoms with Crippen LogP contribution in [0.15, 0.2) is 10.7 Å². The summed E-state index contributed by atoms with van der Waals surface area (Å²) in [6.07, 6.45) is 1.73. The van der Waals surface area contributed by atoms with Crippen LogP contribution in [0, 0.1) is 6.92 Å². The maximum atomic E-state index is 8.56. The predicted octanol–water partition coefficient (Wildman–Crippen LogP) is 0.904. The summed E-state index contributed by atoms with van der Waals surface area (Å²) in [6, 6.07) is 0. The summed E-state index contributed by atoms with van der Waals surface area (Å²) >= 11 is 3.26. The number of halogens is 1. The zero-order chi connectivity index (χ0) is 6.85. The molecule has 9 heavy (non-hydrogen) atoms. The van der Waals surface area contributed by atoms with Crippen LogP contribution in [-0.4, -0.2) is 14.9 Å². The molecule has 0 aliphatic heterocycles. The molecule has 0 spiro atoms. The lowest BCUT2D eigenvalue weighted by Gasteiger charge is -1.88. The predicted molar refractivity (Wildman–Crippen MR) is 36.9 cm³/mol. The first-order valence-corrected chi connectivity index (χ1v) is 3.33. The van der Waals surface area contributed by atoms with E-state index in [2.05, 4.69) is 21.0 Å². The molecule has 4 heteroatoms. The summed E-state index contributed by atoms with van der Waals surface area (Å²) in [4.78, 5) is 0. The van der Waals surface area contributed by atoms with E-state index < -0.39 is 0 Å². The molecule has 0 unspecified atom stereocenters. The Bertz CT molecular complexity index is 189. The summed E-state index contributed by atoms with van der Waals surface area (Å²) in [7, 11) is 0. The Morgan fingerprint density at radius 3 is 2.78 bits per heavy atom. The van der Waals surface area contributed by atoms with Gasteiger partial charge in [0.2, 0.25) is 0 Å². The quantitative estimate of drug-likeness (QED) is 0.716. The Morgan fingerprint density at radius 1 is 1.89 bits per heavy atom. The fourth-order valence-electron chi connectivity index (χ4n) is 0.566. The highest BCUT2D eigenvalue weighted by Gasteiger charge is 1.97. The summed E-state index contributed by atoms with van der Waals surface area (Å²) < 4.78 is 2.39. The van der Waals surface area contributed by atoms with Crippen LogP contribution in [0.3, 0.4) is 0 Å². The highest BCUT2D eigenvalue weighted by atomic mass is 79.9. The van der Waals surface area contributed by atoms with E-state index in [0.717, 1.165) is 10.2 Å². The smallest absolute Gasteiger partial charge is 0.136 e. The Kier molecular flexibility index (Phi) is 1.87. The van der Waals surface area contributed by atoms with Crippen molar-refractivity contribution in [3.8, 4) is 0 Å². The van der Waals surface area contributed by atoms with Gasteiger partial charge >= 0.3 is 0 Å². The molecule has 0 aliphatic rings. The van der Waals surface area contributed by atoms with E-state index in [1.165, 1.54) is 4.68 Å². The molecule has 0 saturated heterocycles. The lowest BCUT2D eigenvalue weighted by Crippen LogP contribution is -1.95. The Labute approximate surface area is 61.4 Å². The number of aliphatic hydroxyl groups is 1. The monoisotopic (exact) mass is 190 g/mol. The van der Waals surface area contributed by atoms with E-state index in [9.17, 15) is 0 Å². The van der Waals surface area contributed by atoms with Gasteiger partial charge in [0.15, 0.2) is 0 Å². The molecule has 0 atom stereocenters. The molecule has 1 heterocycles. The van der Waals surface area contributed by atoms with Crippen LogP contribution in [-0.2, 0) is 6.73 Å². The van der Waals surface area contributed by atoms with Crippen LogP contribution in [0.2, 0.25) is 0 Å². The number of hydrogen-bond acceptors (Lipinski definition) is 2. The van der Waals surface area contributed by atoms with Gasteiger partial charge in [-0.2, -0.15) is 5.10 Å². The second-order valence-electron chi connectivity index (χ2n) is 1.74. The number of hydrogen-bond donors (Lipinski definition) is 1. The average molecular weight is 191 g/mol. The van der Waals surface area contributed by atoms with Crippen molar-refractivity contribution in [3.63, 3.8) is 0 Å². The molecule has 1 aromatic rings. The molecule has 0 aliphatic carbocycles. The second-order valence-corrected chi connectivity index (χ2v) is 2.60. The number of nitrogens with zero attached hydrogens (tertiary/aromatic N) is 2. The average Bonchev–Trinajstić information content (AvgIpc) is 2.13. The number of aromatic nitrogens is 2. The third-order valence-corrected chi connectivity index (χ3v) is 1.81. The lowest BCUT2D eigenvalue weighted by molar-refractivity contribution is 0.195. The Morgan fingerprint density at radius 2 is 2.56 bits per heavy atom. The first-order valence-electron chi connectivity index (χ1n) is 2.54. The Balaban J connectivity index is 2.98. The maximum Gasteiger partial charge on any atom is 0.136 e. The molecule has 1 N–H and O–H groups in total. The van der Waals surface area contributed by atoms with Crippen LogP contribution < -0.4 is 0 Å². The number of rotatable bonds is 1. The highest BCUT2D eigenvalue weighted by molar-refractivity contribution is 9.10. The minimum Gasteiger partial charge on any atom is -0.374 e. The minimum atomic E-state index is -0.0631. The highest BCUT2D eigenvalue weighted by Crippen LogP contribution is 2.12. The Hall–Kier alpha value is -0.350. The van der Waals surface area contributed by atoms with E-state index in [-0.39, 0.29) is 6.73 Å². The van der Waals surface area contributed by atoms with E-state index in [1.54, 1.807) is 6.20 Å². The first kappa shape index (κ1) is 6.77. The van der Waals surface area contributed by atoms with E-state index in [0.29, 0.717) is 0 Å². The summed E-state index contributed by atoms with van der Waals surface area (Å²) in [5.41, 5.74) is 0.893. The molecule has 0 amide bonds. The van der Waals surface area contributed by atoms with Gasteiger partial charge in [-0.15, -0.1) is 0 Å². The van der Waals surface area contributed by atoms with Crippen LogP contribution in [0.4, 0.5) is 0 Å². The zero-order valence-electron chi connectivity index (χ0n) is 5.00. The molecule has 0 saturated carbocycles. The van der Waals surface area contributed by atoms with Gasteiger partial charge in [0.1, 0.15) is 6.73 Å².